The van der Waals surface area contributed by atoms with Gasteiger partial charge in [-0.05, 0) is 40.3 Å². The summed E-state index contributed by atoms with van der Waals surface area (Å²) >= 11 is 0. The Kier molecular flexibility index (Phi) is 6.35. The van der Waals surface area contributed by atoms with Crippen LogP contribution in [0.5, 0.6) is 5.88 Å². The summed E-state index contributed by atoms with van der Waals surface area (Å²) in [6.45, 7) is 6.34. The summed E-state index contributed by atoms with van der Waals surface area (Å²) in [6, 6.07) is 0.592. The maximum absolute atomic E-state index is 5.88. The molecule has 0 aliphatic heterocycles. The second kappa shape index (κ2) is 7.78. The normalized spacial score (nSPS) is 11.1. The number of hydrogen-bond donors (Lipinski definition) is 2. The van der Waals surface area contributed by atoms with Crippen LogP contribution in [0.25, 0.3) is 0 Å². The number of rotatable bonds is 8. The van der Waals surface area contributed by atoms with Crippen LogP contribution in [0.15, 0.2) is 6.33 Å². The molecule has 0 spiro atoms. The molecule has 1 rings (SSSR count). The van der Waals surface area contributed by atoms with Crippen LogP contribution in [0.3, 0.4) is 0 Å². The quantitative estimate of drug-likeness (QED) is 0.697. The third kappa shape index (κ3) is 4.90. The molecule has 0 radical (unpaired) electrons. The van der Waals surface area contributed by atoms with Crippen LogP contribution in [-0.2, 0) is 0 Å². The van der Waals surface area contributed by atoms with Gasteiger partial charge in [0.05, 0.1) is 7.11 Å². The maximum atomic E-state index is 5.88. The summed E-state index contributed by atoms with van der Waals surface area (Å²) in [5, 5.41) is 3.22. The first kappa shape index (κ1) is 15.5. The van der Waals surface area contributed by atoms with Gasteiger partial charge in [-0.25, -0.2) is 4.98 Å². The fraction of sp³-hybridized carbons (Fsp3) is 0.692. The summed E-state index contributed by atoms with van der Waals surface area (Å²) in [5.74, 6) is 1.06. The number of methoxy groups -OCH3 is 1. The molecule has 0 amide bonds. The molecule has 3 N–H and O–H groups in total. The molecule has 1 aromatic heterocycles. The van der Waals surface area contributed by atoms with E-state index in [1.54, 1.807) is 7.11 Å². The van der Waals surface area contributed by atoms with Gasteiger partial charge in [0, 0.05) is 12.6 Å². The summed E-state index contributed by atoms with van der Waals surface area (Å²) in [7, 11) is 3.69. The van der Waals surface area contributed by atoms with Gasteiger partial charge in [0.15, 0.2) is 5.82 Å². The van der Waals surface area contributed by atoms with E-state index in [1.807, 2.05) is 0 Å². The minimum Gasteiger partial charge on any atom is -0.479 e. The zero-order valence-corrected chi connectivity index (χ0v) is 12.3. The van der Waals surface area contributed by atoms with Crippen molar-refractivity contribution in [3.05, 3.63) is 6.33 Å². The van der Waals surface area contributed by atoms with E-state index in [9.17, 15) is 0 Å². The first-order chi connectivity index (χ1) is 9.06. The predicted molar refractivity (Wildman–Crippen MR) is 78.5 cm³/mol. The van der Waals surface area contributed by atoms with Crippen molar-refractivity contribution in [1.82, 2.24) is 14.9 Å². The highest BCUT2D eigenvalue weighted by molar-refractivity contribution is 5.66. The van der Waals surface area contributed by atoms with Gasteiger partial charge in [-0.1, -0.05) is 0 Å². The molecule has 1 aromatic rings. The molecule has 0 aliphatic rings. The molecule has 6 heteroatoms. The SMILES string of the molecule is COc1ncnc(NCCCCN(C)C(C)C)c1N. The average Bonchev–Trinajstić information content (AvgIpc) is 2.39. The molecule has 0 unspecified atom stereocenters. The van der Waals surface area contributed by atoms with Crippen LogP contribution >= 0.6 is 0 Å². The molecule has 1 heterocycles. The van der Waals surface area contributed by atoms with Gasteiger partial charge in [-0.3, -0.25) is 0 Å². The number of aromatic nitrogens is 2. The van der Waals surface area contributed by atoms with Crippen molar-refractivity contribution in [2.24, 2.45) is 0 Å². The van der Waals surface area contributed by atoms with E-state index in [2.05, 4.69) is 41.1 Å². The second-order valence-corrected chi connectivity index (χ2v) is 4.85. The Labute approximate surface area is 115 Å². The van der Waals surface area contributed by atoms with E-state index in [0.29, 0.717) is 23.4 Å². The summed E-state index contributed by atoms with van der Waals surface area (Å²) in [5.41, 5.74) is 6.34. The highest BCUT2D eigenvalue weighted by Gasteiger charge is 2.07. The lowest BCUT2D eigenvalue weighted by Crippen LogP contribution is -2.27. The fourth-order valence-corrected chi connectivity index (χ4v) is 1.63. The number of anilines is 2. The van der Waals surface area contributed by atoms with Gasteiger partial charge in [0.2, 0.25) is 5.88 Å². The topological polar surface area (TPSA) is 76.3 Å². The summed E-state index contributed by atoms with van der Waals surface area (Å²) < 4.78 is 5.05. The molecule has 6 nitrogen and oxygen atoms in total. The molecule has 0 aliphatic carbocycles. The van der Waals surface area contributed by atoms with E-state index in [1.165, 1.54) is 6.33 Å². The number of hydrogen-bond acceptors (Lipinski definition) is 6. The molecule has 108 valence electrons. The van der Waals surface area contributed by atoms with Crippen LogP contribution in [0, 0.1) is 0 Å². The lowest BCUT2D eigenvalue weighted by Gasteiger charge is -2.20. The Hall–Kier alpha value is -1.56. The second-order valence-electron chi connectivity index (χ2n) is 4.85. The highest BCUT2D eigenvalue weighted by atomic mass is 16.5. The Morgan fingerprint density at radius 1 is 1.37 bits per heavy atom. The van der Waals surface area contributed by atoms with Crippen molar-refractivity contribution in [2.45, 2.75) is 32.7 Å². The average molecular weight is 267 g/mol. The van der Waals surface area contributed by atoms with Gasteiger partial charge >= 0.3 is 0 Å². The van der Waals surface area contributed by atoms with Crippen molar-refractivity contribution in [3.8, 4) is 5.88 Å². The Morgan fingerprint density at radius 2 is 2.11 bits per heavy atom. The van der Waals surface area contributed by atoms with Gasteiger partial charge in [-0.15, -0.1) is 0 Å². The van der Waals surface area contributed by atoms with Crippen LogP contribution in [0.2, 0.25) is 0 Å². The predicted octanol–water partition coefficient (Wildman–Crippen LogP) is 1.60. The summed E-state index contributed by atoms with van der Waals surface area (Å²) in [6.07, 6.45) is 3.66. The molecule has 0 atom stereocenters. The molecule has 19 heavy (non-hydrogen) atoms. The molecule has 0 bridgehead atoms. The number of unbranched alkanes of at least 4 members (excludes halogenated alkanes) is 1. The molecule has 0 saturated carbocycles. The number of nitrogens with two attached hydrogens (primary N) is 1. The van der Waals surface area contributed by atoms with Crippen molar-refractivity contribution in [3.63, 3.8) is 0 Å². The van der Waals surface area contributed by atoms with Crippen molar-refractivity contribution < 1.29 is 4.74 Å². The third-order valence-electron chi connectivity index (χ3n) is 3.15. The van der Waals surface area contributed by atoms with Gasteiger partial charge in [0.1, 0.15) is 12.0 Å². The van der Waals surface area contributed by atoms with E-state index >= 15 is 0 Å². The zero-order chi connectivity index (χ0) is 14.3. The van der Waals surface area contributed by atoms with Crippen LogP contribution in [0.1, 0.15) is 26.7 Å². The summed E-state index contributed by atoms with van der Waals surface area (Å²) in [4.78, 5) is 10.4. The van der Waals surface area contributed by atoms with Gasteiger partial charge in [0.25, 0.3) is 0 Å². The number of ether oxygens (including phenoxy) is 1. The van der Waals surface area contributed by atoms with Crippen molar-refractivity contribution >= 4 is 11.5 Å². The van der Waals surface area contributed by atoms with E-state index in [4.69, 9.17) is 10.5 Å². The third-order valence-corrected chi connectivity index (χ3v) is 3.15. The lowest BCUT2D eigenvalue weighted by molar-refractivity contribution is 0.269. The minimum absolute atomic E-state index is 0.414. The Balaban J connectivity index is 2.30. The highest BCUT2D eigenvalue weighted by Crippen LogP contribution is 2.23. The standard InChI is InChI=1S/C13H25N5O/c1-10(2)18(3)8-6-5-7-15-12-11(14)13(19-4)17-9-16-12/h9-10H,5-8,14H2,1-4H3,(H,15,16,17). The number of nitrogens with one attached hydrogen (secondary N) is 1. The van der Waals surface area contributed by atoms with Crippen molar-refractivity contribution in [1.29, 1.82) is 0 Å². The van der Waals surface area contributed by atoms with E-state index < -0.39 is 0 Å². The van der Waals surface area contributed by atoms with E-state index in [0.717, 1.165) is 25.9 Å². The lowest BCUT2D eigenvalue weighted by atomic mass is 10.2. The van der Waals surface area contributed by atoms with Crippen molar-refractivity contribution in [2.75, 3.05) is 38.3 Å². The Bertz CT molecular complexity index is 383. The fourth-order valence-electron chi connectivity index (χ4n) is 1.63. The smallest absolute Gasteiger partial charge is 0.242 e. The molecule has 0 aromatic carbocycles. The first-order valence-electron chi connectivity index (χ1n) is 6.64. The van der Waals surface area contributed by atoms with E-state index in [-0.39, 0.29) is 0 Å². The van der Waals surface area contributed by atoms with Crippen LogP contribution in [-0.4, -0.2) is 48.2 Å². The monoisotopic (exact) mass is 267 g/mol. The number of nitrogens with zero attached hydrogens (tertiary/aromatic N) is 3. The Morgan fingerprint density at radius 3 is 2.74 bits per heavy atom. The molecular formula is C13H25N5O. The zero-order valence-electron chi connectivity index (χ0n) is 12.3. The van der Waals surface area contributed by atoms with Gasteiger partial charge in [-0.2, -0.15) is 4.98 Å². The molecular weight excluding hydrogens is 242 g/mol. The molecule has 0 fully saturated rings. The minimum atomic E-state index is 0.414. The van der Waals surface area contributed by atoms with Crippen LogP contribution in [0.4, 0.5) is 11.5 Å². The number of nitrogen functional groups attached to an aromatic ring is 1. The first-order valence-corrected chi connectivity index (χ1v) is 6.64. The largest absolute Gasteiger partial charge is 0.479 e. The maximum Gasteiger partial charge on any atom is 0.242 e. The van der Waals surface area contributed by atoms with Crippen LogP contribution < -0.4 is 15.8 Å². The van der Waals surface area contributed by atoms with Gasteiger partial charge < -0.3 is 20.7 Å². The molecule has 0 saturated heterocycles.